The molecular formula is C11H13NO3. The van der Waals surface area contributed by atoms with Gasteiger partial charge in [0.25, 0.3) is 0 Å². The molecule has 4 nitrogen and oxygen atoms in total. The van der Waals surface area contributed by atoms with Crippen LogP contribution in [-0.2, 0) is 4.74 Å². The second kappa shape index (κ2) is 4.13. The molecule has 1 rings (SSSR count). The van der Waals surface area contributed by atoms with Gasteiger partial charge in [-0.05, 0) is 31.5 Å². The fourth-order valence-electron chi connectivity index (χ4n) is 1.40. The minimum absolute atomic E-state index is 0.0994. The van der Waals surface area contributed by atoms with Crippen LogP contribution in [0.1, 0.15) is 33.2 Å². The molecule has 0 aromatic heterocycles. The number of carbonyl (C=O) groups is 2. The van der Waals surface area contributed by atoms with Gasteiger partial charge in [0.1, 0.15) is 0 Å². The van der Waals surface area contributed by atoms with Crippen molar-refractivity contribution in [2.45, 2.75) is 13.8 Å². The van der Waals surface area contributed by atoms with Crippen molar-refractivity contribution in [2.24, 2.45) is 0 Å². The summed E-state index contributed by atoms with van der Waals surface area (Å²) in [6, 6.07) is 3.07. The fourth-order valence-corrected chi connectivity index (χ4v) is 1.40. The fraction of sp³-hybridized carbons (Fsp3) is 0.273. The lowest BCUT2D eigenvalue weighted by Gasteiger charge is -2.08. The molecule has 0 fully saturated rings. The number of aryl methyl sites for hydroxylation is 1. The van der Waals surface area contributed by atoms with Gasteiger partial charge in [-0.2, -0.15) is 0 Å². The van der Waals surface area contributed by atoms with Crippen molar-refractivity contribution in [3.63, 3.8) is 0 Å². The lowest BCUT2D eigenvalue weighted by Crippen LogP contribution is -2.09. The highest BCUT2D eigenvalue weighted by Crippen LogP contribution is 2.19. The maximum Gasteiger partial charge on any atom is 0.339 e. The number of methoxy groups -OCH3 is 1. The van der Waals surface area contributed by atoms with Crippen molar-refractivity contribution in [1.29, 1.82) is 0 Å². The van der Waals surface area contributed by atoms with E-state index in [-0.39, 0.29) is 11.3 Å². The summed E-state index contributed by atoms with van der Waals surface area (Å²) in [5.74, 6) is -0.632. The highest BCUT2D eigenvalue weighted by Gasteiger charge is 2.14. The van der Waals surface area contributed by atoms with Crippen LogP contribution in [0.5, 0.6) is 0 Å². The van der Waals surface area contributed by atoms with Gasteiger partial charge in [0, 0.05) is 11.3 Å². The van der Waals surface area contributed by atoms with Crippen LogP contribution in [0.15, 0.2) is 12.1 Å². The Morgan fingerprint density at radius 1 is 1.27 bits per heavy atom. The Morgan fingerprint density at radius 2 is 1.87 bits per heavy atom. The zero-order valence-corrected chi connectivity index (χ0v) is 8.96. The molecule has 0 atom stereocenters. The van der Waals surface area contributed by atoms with E-state index in [1.807, 2.05) is 0 Å². The summed E-state index contributed by atoms with van der Waals surface area (Å²) in [6.45, 7) is 3.22. The van der Waals surface area contributed by atoms with Crippen LogP contribution < -0.4 is 5.73 Å². The van der Waals surface area contributed by atoms with E-state index >= 15 is 0 Å². The highest BCUT2D eigenvalue weighted by molar-refractivity contribution is 6.01. The molecule has 80 valence electrons. The number of hydrogen-bond acceptors (Lipinski definition) is 4. The highest BCUT2D eigenvalue weighted by atomic mass is 16.5. The van der Waals surface area contributed by atoms with Crippen molar-refractivity contribution in [3.05, 3.63) is 28.8 Å². The SMILES string of the molecule is COC(=O)c1cc(C(C)=O)c(C)cc1N. The summed E-state index contributed by atoms with van der Waals surface area (Å²) in [4.78, 5) is 22.6. The lowest BCUT2D eigenvalue weighted by atomic mass is 10.0. The number of ketones is 1. The first kappa shape index (κ1) is 11.2. The summed E-state index contributed by atoms with van der Waals surface area (Å²) in [5.41, 5.74) is 7.46. The van der Waals surface area contributed by atoms with Gasteiger partial charge < -0.3 is 10.5 Å². The zero-order chi connectivity index (χ0) is 11.6. The third kappa shape index (κ3) is 2.15. The van der Waals surface area contributed by atoms with Gasteiger partial charge in [0.05, 0.1) is 12.7 Å². The third-order valence-corrected chi connectivity index (χ3v) is 2.18. The van der Waals surface area contributed by atoms with Crippen LogP contribution in [0, 0.1) is 6.92 Å². The summed E-state index contributed by atoms with van der Waals surface area (Å²) in [7, 11) is 1.27. The molecule has 0 saturated heterocycles. The molecular weight excluding hydrogens is 194 g/mol. The van der Waals surface area contributed by atoms with Crippen molar-refractivity contribution < 1.29 is 14.3 Å². The van der Waals surface area contributed by atoms with Gasteiger partial charge in [-0.15, -0.1) is 0 Å². The second-order valence-corrected chi connectivity index (χ2v) is 3.30. The first-order chi connectivity index (χ1) is 6.97. The molecule has 0 amide bonds. The number of ether oxygens (including phenoxy) is 1. The van der Waals surface area contributed by atoms with Crippen LogP contribution in [0.25, 0.3) is 0 Å². The van der Waals surface area contributed by atoms with Gasteiger partial charge in [-0.25, -0.2) is 4.79 Å². The molecule has 0 aliphatic heterocycles. The average Bonchev–Trinajstić information content (AvgIpc) is 2.16. The first-order valence-corrected chi connectivity index (χ1v) is 4.46. The Bertz CT molecular complexity index is 424. The van der Waals surface area contributed by atoms with Crippen molar-refractivity contribution in [3.8, 4) is 0 Å². The molecule has 0 saturated carbocycles. The minimum atomic E-state index is -0.532. The number of rotatable bonds is 2. The Kier molecular flexibility index (Phi) is 3.09. The smallest absolute Gasteiger partial charge is 0.339 e. The van der Waals surface area contributed by atoms with E-state index in [0.717, 1.165) is 5.56 Å². The maximum absolute atomic E-state index is 11.3. The van der Waals surface area contributed by atoms with Crippen LogP contribution in [0.3, 0.4) is 0 Å². The van der Waals surface area contributed by atoms with E-state index in [0.29, 0.717) is 11.3 Å². The van der Waals surface area contributed by atoms with Gasteiger partial charge >= 0.3 is 5.97 Å². The van der Waals surface area contributed by atoms with E-state index in [1.165, 1.54) is 20.1 Å². The van der Waals surface area contributed by atoms with Crippen LogP contribution in [-0.4, -0.2) is 18.9 Å². The Morgan fingerprint density at radius 3 is 2.33 bits per heavy atom. The van der Waals surface area contributed by atoms with Crippen LogP contribution >= 0.6 is 0 Å². The predicted molar refractivity (Wildman–Crippen MR) is 56.9 cm³/mol. The topological polar surface area (TPSA) is 69.4 Å². The Labute approximate surface area is 88.0 Å². The molecule has 2 N–H and O–H groups in total. The molecule has 0 aliphatic carbocycles. The number of esters is 1. The van der Waals surface area contributed by atoms with Crippen LogP contribution in [0.2, 0.25) is 0 Å². The number of benzene rings is 1. The molecule has 0 radical (unpaired) electrons. The van der Waals surface area contributed by atoms with Crippen molar-refractivity contribution in [1.82, 2.24) is 0 Å². The molecule has 0 unspecified atom stereocenters. The summed E-state index contributed by atoms with van der Waals surface area (Å²) < 4.78 is 4.56. The molecule has 0 aliphatic rings. The Hall–Kier alpha value is -1.84. The minimum Gasteiger partial charge on any atom is -0.465 e. The molecule has 0 spiro atoms. The number of carbonyl (C=O) groups excluding carboxylic acids is 2. The molecule has 1 aromatic rings. The van der Waals surface area contributed by atoms with Crippen molar-refractivity contribution >= 4 is 17.4 Å². The van der Waals surface area contributed by atoms with Gasteiger partial charge in [-0.3, -0.25) is 4.79 Å². The summed E-state index contributed by atoms with van der Waals surface area (Å²) >= 11 is 0. The first-order valence-electron chi connectivity index (χ1n) is 4.46. The summed E-state index contributed by atoms with van der Waals surface area (Å²) in [6.07, 6.45) is 0. The normalized spacial score (nSPS) is 9.80. The van der Waals surface area contributed by atoms with E-state index < -0.39 is 5.97 Å². The van der Waals surface area contributed by atoms with Crippen molar-refractivity contribution in [2.75, 3.05) is 12.8 Å². The average molecular weight is 207 g/mol. The van der Waals surface area contributed by atoms with E-state index in [9.17, 15) is 9.59 Å². The van der Waals surface area contributed by atoms with Gasteiger partial charge in [-0.1, -0.05) is 0 Å². The van der Waals surface area contributed by atoms with E-state index in [4.69, 9.17) is 5.73 Å². The number of hydrogen-bond donors (Lipinski definition) is 1. The Balaban J connectivity index is 3.36. The molecule has 0 heterocycles. The predicted octanol–water partition coefficient (Wildman–Crippen LogP) is 1.57. The molecule has 15 heavy (non-hydrogen) atoms. The zero-order valence-electron chi connectivity index (χ0n) is 8.96. The third-order valence-electron chi connectivity index (χ3n) is 2.18. The molecule has 0 bridgehead atoms. The standard InChI is InChI=1S/C11H13NO3/c1-6-4-10(12)9(11(14)15-3)5-8(6)7(2)13/h4-5H,12H2,1-3H3. The number of anilines is 1. The van der Waals surface area contributed by atoms with Gasteiger partial charge in [0.2, 0.25) is 0 Å². The van der Waals surface area contributed by atoms with E-state index in [2.05, 4.69) is 4.74 Å². The van der Waals surface area contributed by atoms with Gasteiger partial charge in [0.15, 0.2) is 5.78 Å². The summed E-state index contributed by atoms with van der Waals surface area (Å²) in [5, 5.41) is 0. The number of Topliss-reactive ketones (excluding diaryl/α,β-unsaturated/α-hetero) is 1. The number of nitrogen functional groups attached to an aromatic ring is 1. The van der Waals surface area contributed by atoms with Crippen LogP contribution in [0.4, 0.5) is 5.69 Å². The maximum atomic E-state index is 11.3. The van der Waals surface area contributed by atoms with E-state index in [1.54, 1.807) is 13.0 Å². The molecule has 4 heteroatoms. The monoisotopic (exact) mass is 207 g/mol. The second-order valence-electron chi connectivity index (χ2n) is 3.30. The largest absolute Gasteiger partial charge is 0.465 e. The lowest BCUT2D eigenvalue weighted by molar-refractivity contribution is 0.0602. The number of nitrogens with two attached hydrogens (primary N) is 1. The molecule has 1 aromatic carbocycles. The quantitative estimate of drug-likeness (QED) is 0.454.